The number of nitrogens with one attached hydrogen (secondary N) is 3. The molecule has 414 valence electrons. The Hall–Kier alpha value is -6.38. The van der Waals surface area contributed by atoms with Crippen LogP contribution >= 0.6 is 11.3 Å². The number of carbonyl (C=O) groups is 3. The summed E-state index contributed by atoms with van der Waals surface area (Å²) in [4.78, 5) is 67.3. The number of hydrogen-bond donors (Lipinski definition) is 5. The van der Waals surface area contributed by atoms with Gasteiger partial charge in [0.2, 0.25) is 17.7 Å². The van der Waals surface area contributed by atoms with Crippen LogP contribution < -0.4 is 25.6 Å². The minimum Gasteiger partial charge on any atom is -0.508 e. The summed E-state index contributed by atoms with van der Waals surface area (Å²) in [5.41, 5.74) is 5.79. The molecule has 5 N–H and O–H groups in total. The zero-order valence-electron chi connectivity index (χ0n) is 45.6. The van der Waals surface area contributed by atoms with Crippen LogP contribution in [0.4, 0.5) is 10.2 Å². The Morgan fingerprint density at radius 3 is 2.50 bits per heavy atom. The minimum atomic E-state index is -0.947. The monoisotopic (exact) mass is 1080 g/mol. The van der Waals surface area contributed by atoms with Crippen molar-refractivity contribution in [2.24, 2.45) is 5.41 Å². The predicted molar refractivity (Wildman–Crippen MR) is 300 cm³/mol. The number of amides is 3. The van der Waals surface area contributed by atoms with Crippen molar-refractivity contribution in [3.05, 3.63) is 88.9 Å². The normalized spacial score (nSPS) is 21.4. The van der Waals surface area contributed by atoms with Gasteiger partial charge in [0.25, 0.3) is 0 Å². The van der Waals surface area contributed by atoms with Crippen LogP contribution in [0.1, 0.15) is 102 Å². The molecule has 4 saturated heterocycles. The van der Waals surface area contributed by atoms with E-state index in [-0.39, 0.29) is 72.9 Å². The van der Waals surface area contributed by atoms with Gasteiger partial charge in [0.1, 0.15) is 41.5 Å². The second-order valence-electron chi connectivity index (χ2n) is 22.7. The average molecular weight is 1090 g/mol. The number of aromatic hydroxyl groups is 1. The SMILES string of the molecule is CCc1cccc2cc(O)cc(-c3ncc4c(N5CC6CCC(C5)N6)nc(OCC5CCCN5CCCOCCC(=O)NC(C(=O)N5CC(O)CC5C(=O)NC(C)c5ccc(-c6scnc6C)cc5)C(C)(C)C)nc4c3F)c12. The predicted octanol–water partition coefficient (Wildman–Crippen LogP) is 7.63. The Balaban J connectivity index is 0.728. The van der Waals surface area contributed by atoms with Crippen molar-refractivity contribution >= 4 is 56.6 Å². The molecule has 0 saturated carbocycles. The van der Waals surface area contributed by atoms with Crippen LogP contribution in [-0.2, 0) is 25.5 Å². The number of β-amino-alcohol motifs (C(OH)–C–C–N with tert-alkyl or cyclic N) is 1. The lowest BCUT2D eigenvalue weighted by molar-refractivity contribution is -0.144. The van der Waals surface area contributed by atoms with E-state index in [0.717, 1.165) is 96.3 Å². The first-order chi connectivity index (χ1) is 37.5. The number of carbonyl (C=O) groups excluding carboxylic acids is 3. The zero-order chi connectivity index (χ0) is 54.8. The molecule has 10 rings (SSSR count). The molecule has 7 unspecified atom stereocenters. The van der Waals surface area contributed by atoms with E-state index in [2.05, 4.69) is 37.7 Å². The van der Waals surface area contributed by atoms with E-state index in [1.807, 2.05) is 82.6 Å². The van der Waals surface area contributed by atoms with Crippen molar-refractivity contribution < 1.29 is 38.5 Å². The lowest BCUT2D eigenvalue weighted by Crippen LogP contribution is -2.58. The van der Waals surface area contributed by atoms with Crippen LogP contribution in [-0.4, -0.2) is 147 Å². The first-order valence-corrected chi connectivity index (χ1v) is 28.6. The van der Waals surface area contributed by atoms with Gasteiger partial charge in [0, 0.05) is 75.5 Å². The molecule has 3 aromatic carbocycles. The van der Waals surface area contributed by atoms with Crippen LogP contribution in [0.3, 0.4) is 0 Å². The molecular weight excluding hydrogens is 1010 g/mol. The summed E-state index contributed by atoms with van der Waals surface area (Å²) in [6.07, 6.45) is 6.37. The maximum Gasteiger partial charge on any atom is 0.319 e. The Morgan fingerprint density at radius 2 is 1.77 bits per heavy atom. The fourth-order valence-electron chi connectivity index (χ4n) is 11.9. The highest BCUT2D eigenvalue weighted by Gasteiger charge is 2.45. The third-order valence-corrected chi connectivity index (χ3v) is 17.0. The summed E-state index contributed by atoms with van der Waals surface area (Å²) in [6.45, 7) is 15.4. The number of aliphatic hydroxyl groups is 1. The average Bonchev–Trinajstić information content (AvgIpc) is 4.37. The molecule has 0 radical (unpaired) electrons. The van der Waals surface area contributed by atoms with E-state index in [4.69, 9.17) is 24.4 Å². The number of hydrogen-bond acceptors (Lipinski definition) is 15. The van der Waals surface area contributed by atoms with Crippen molar-refractivity contribution in [1.29, 1.82) is 0 Å². The highest BCUT2D eigenvalue weighted by molar-refractivity contribution is 7.13. The van der Waals surface area contributed by atoms with Gasteiger partial charge < -0.3 is 45.4 Å². The summed E-state index contributed by atoms with van der Waals surface area (Å²) in [5.74, 6) is -1.10. The quantitative estimate of drug-likeness (QED) is 0.0495. The molecular formula is C59H73FN10O7S. The highest BCUT2D eigenvalue weighted by atomic mass is 32.1. The Morgan fingerprint density at radius 1 is 0.987 bits per heavy atom. The fourth-order valence-corrected chi connectivity index (χ4v) is 12.7. The number of nitrogens with zero attached hydrogens (tertiary/aromatic N) is 7. The van der Waals surface area contributed by atoms with Gasteiger partial charge in [-0.2, -0.15) is 9.97 Å². The third kappa shape index (κ3) is 12.0. The first-order valence-electron chi connectivity index (χ1n) is 27.7. The number of anilines is 1. The van der Waals surface area contributed by atoms with E-state index in [1.165, 1.54) is 4.90 Å². The molecule has 19 heteroatoms. The van der Waals surface area contributed by atoms with Crippen molar-refractivity contribution in [3.63, 3.8) is 0 Å². The lowest BCUT2D eigenvalue weighted by Gasteiger charge is -2.35. The number of benzene rings is 3. The fraction of sp³-hybridized carbons (Fsp3) is 0.508. The van der Waals surface area contributed by atoms with Crippen molar-refractivity contribution in [2.45, 2.75) is 135 Å². The van der Waals surface area contributed by atoms with Crippen LogP contribution in [0, 0.1) is 18.2 Å². The van der Waals surface area contributed by atoms with Gasteiger partial charge in [-0.3, -0.25) is 24.3 Å². The molecule has 3 amide bonds. The number of aliphatic hydroxyl groups excluding tert-OH is 1. The molecule has 3 aromatic heterocycles. The molecule has 78 heavy (non-hydrogen) atoms. The third-order valence-electron chi connectivity index (χ3n) is 16.0. The Labute approximate surface area is 459 Å². The summed E-state index contributed by atoms with van der Waals surface area (Å²) < 4.78 is 29.6. The molecule has 7 atom stereocenters. The first kappa shape index (κ1) is 55.0. The number of phenolic OH excluding ortho intramolecular Hbond substituents is 1. The molecule has 0 aliphatic carbocycles. The zero-order valence-corrected chi connectivity index (χ0v) is 46.4. The number of rotatable bonds is 19. The van der Waals surface area contributed by atoms with Crippen molar-refractivity contribution in [1.82, 2.24) is 45.7 Å². The molecule has 17 nitrogen and oxygen atoms in total. The number of piperazine rings is 1. The number of fused-ring (bicyclic) bond motifs is 4. The number of aromatic nitrogens is 4. The van der Waals surface area contributed by atoms with E-state index < -0.39 is 35.3 Å². The lowest BCUT2D eigenvalue weighted by atomic mass is 9.85. The Kier molecular flexibility index (Phi) is 16.6. The number of halogens is 1. The molecule has 4 fully saturated rings. The number of pyridine rings is 1. The van der Waals surface area contributed by atoms with E-state index >= 15 is 4.39 Å². The summed E-state index contributed by atoms with van der Waals surface area (Å²) in [7, 11) is 0. The van der Waals surface area contributed by atoms with Gasteiger partial charge in [-0.25, -0.2) is 9.37 Å². The summed E-state index contributed by atoms with van der Waals surface area (Å²) >= 11 is 1.58. The number of thiazole rings is 1. The van der Waals surface area contributed by atoms with E-state index in [0.29, 0.717) is 48.5 Å². The van der Waals surface area contributed by atoms with Crippen LogP contribution in [0.15, 0.2) is 66.3 Å². The van der Waals surface area contributed by atoms with Crippen LogP contribution in [0.25, 0.3) is 43.4 Å². The molecule has 2 bridgehead atoms. The molecule has 0 spiro atoms. The second-order valence-corrected chi connectivity index (χ2v) is 23.5. The number of likely N-dealkylation sites (tertiary alicyclic amines) is 2. The summed E-state index contributed by atoms with van der Waals surface area (Å²) in [5, 5.41) is 33.3. The maximum atomic E-state index is 17.2. The van der Waals surface area contributed by atoms with Crippen molar-refractivity contribution in [2.75, 3.05) is 57.4 Å². The second kappa shape index (κ2) is 23.5. The van der Waals surface area contributed by atoms with Crippen LogP contribution in [0.2, 0.25) is 0 Å². The van der Waals surface area contributed by atoms with Gasteiger partial charge in [-0.05, 0) is 104 Å². The molecule has 4 aliphatic rings. The van der Waals surface area contributed by atoms with Crippen molar-refractivity contribution in [3.8, 4) is 33.5 Å². The van der Waals surface area contributed by atoms with Gasteiger partial charge in [0.05, 0.1) is 40.2 Å². The smallest absolute Gasteiger partial charge is 0.319 e. The topological polar surface area (TPSA) is 208 Å². The Bertz CT molecular complexity index is 3140. The van der Waals surface area contributed by atoms with Gasteiger partial charge in [0.15, 0.2) is 5.82 Å². The van der Waals surface area contributed by atoms with Crippen LogP contribution in [0.5, 0.6) is 11.8 Å². The molecule has 6 aromatic rings. The van der Waals surface area contributed by atoms with Gasteiger partial charge >= 0.3 is 6.01 Å². The highest BCUT2D eigenvalue weighted by Crippen LogP contribution is 2.40. The minimum absolute atomic E-state index is 0.0154. The van der Waals surface area contributed by atoms with E-state index in [1.54, 1.807) is 29.7 Å². The molecule has 7 heterocycles. The van der Waals surface area contributed by atoms with E-state index in [9.17, 15) is 24.6 Å². The number of aryl methyl sites for hydroxylation is 2. The van der Waals surface area contributed by atoms with Gasteiger partial charge in [-0.15, -0.1) is 11.3 Å². The number of ether oxygens (including phenoxy) is 2. The maximum absolute atomic E-state index is 17.2. The number of phenols is 1. The summed E-state index contributed by atoms with van der Waals surface area (Å²) in [6, 6.07) is 15.7. The largest absolute Gasteiger partial charge is 0.508 e. The van der Waals surface area contributed by atoms with Gasteiger partial charge in [-0.1, -0.05) is 70.2 Å². The standard InChI is InChI=1S/C59H73FN10O7S/c1-7-36-11-8-12-39-25-43(71)26-45(49(36)39)51-50(60)52-46(28-61-51)55(69-29-40-18-19-41(30-69)64-40)67-58(66-52)77-32-42-13-9-21-68(42)22-10-23-76-24-20-48(73)65-54(59(4,5)6)57(75)70-31-44(72)27-47(70)56(74)63-34(2)37-14-16-38(17-15-37)53-35(3)62-33-78-53/h8,11-12,14-17,25-26,28,33-34,40-42,44,47,54,64,71-72H,7,9-10,13,18-24,27,29-32H2,1-6H3,(H,63,74)(H,65,73). The molecule has 4 aliphatic heterocycles.